The summed E-state index contributed by atoms with van der Waals surface area (Å²) in [5.41, 5.74) is 1.04. The molecule has 0 spiro atoms. The highest BCUT2D eigenvalue weighted by molar-refractivity contribution is 6.60. The molecule has 1 heterocycles. The summed E-state index contributed by atoms with van der Waals surface area (Å²) in [6, 6.07) is 0. The summed E-state index contributed by atoms with van der Waals surface area (Å²) in [7, 11) is 2.03. The van der Waals surface area contributed by atoms with Gasteiger partial charge in [-0.05, 0) is 7.05 Å². The van der Waals surface area contributed by atoms with Crippen LogP contribution >= 0.6 is 58.0 Å². The Bertz CT molecular complexity index is 708. The van der Waals surface area contributed by atoms with Gasteiger partial charge in [-0.3, -0.25) is 4.79 Å². The Balaban J connectivity index is 2.12. The molecule has 1 saturated heterocycles. The molecule has 22 heavy (non-hydrogen) atoms. The quantitative estimate of drug-likeness (QED) is 0.506. The molecule has 8 heteroatoms. The maximum absolute atomic E-state index is 12.8. The van der Waals surface area contributed by atoms with Gasteiger partial charge >= 0.3 is 0 Å². The van der Waals surface area contributed by atoms with Gasteiger partial charge in [0, 0.05) is 31.7 Å². The van der Waals surface area contributed by atoms with E-state index in [0.29, 0.717) is 24.4 Å². The van der Waals surface area contributed by atoms with Crippen LogP contribution < -0.4 is 0 Å². The first-order chi connectivity index (χ1) is 10.3. The minimum absolute atomic E-state index is 0.0736. The maximum atomic E-state index is 12.8. The van der Waals surface area contributed by atoms with Crippen molar-refractivity contribution in [1.29, 1.82) is 0 Å². The molecule has 0 radical (unpaired) electrons. The lowest BCUT2D eigenvalue weighted by Gasteiger charge is -2.34. The van der Waals surface area contributed by atoms with Gasteiger partial charge in [-0.15, -0.1) is 0 Å². The van der Waals surface area contributed by atoms with Crippen LogP contribution in [0, 0.1) is 0 Å². The number of benzene rings is 1. The molecule has 1 aromatic rings. The third-order valence-corrected chi connectivity index (χ3v) is 6.13. The second kappa shape index (κ2) is 6.04. The number of fused-ring (bicyclic) bond motifs is 1. The number of carbonyl (C=O) groups excluding carboxylic acids is 1. The number of hydrogen-bond donors (Lipinski definition) is 0. The van der Waals surface area contributed by atoms with Crippen molar-refractivity contribution in [3.63, 3.8) is 0 Å². The summed E-state index contributed by atoms with van der Waals surface area (Å²) in [5.74, 6) is -0.255. The largest absolute Gasteiger partial charge is 0.365 e. The normalized spacial score (nSPS) is 19.2. The molecule has 1 aliphatic carbocycles. The van der Waals surface area contributed by atoms with Crippen molar-refractivity contribution in [3.8, 4) is 0 Å². The second-order valence-corrected chi connectivity index (χ2v) is 7.18. The molecule has 0 aromatic heterocycles. The van der Waals surface area contributed by atoms with E-state index in [1.165, 1.54) is 0 Å². The Kier molecular flexibility index (Phi) is 4.59. The highest BCUT2D eigenvalue weighted by atomic mass is 35.5. The molecule has 0 N–H and O–H groups in total. The highest BCUT2D eigenvalue weighted by Gasteiger charge is 2.38. The van der Waals surface area contributed by atoms with Crippen LogP contribution in [0.25, 0.3) is 5.03 Å². The Morgan fingerprint density at radius 1 is 0.773 bits per heavy atom. The summed E-state index contributed by atoms with van der Waals surface area (Å²) in [6.45, 7) is 3.11. The molecule has 0 unspecified atom stereocenters. The van der Waals surface area contributed by atoms with Crippen molar-refractivity contribution >= 4 is 68.8 Å². The molecule has 3 rings (SSSR count). The first-order valence-electron chi connectivity index (χ1n) is 6.58. The number of likely N-dealkylation sites (N-methyl/N-ethyl adjacent to an activating group) is 1. The number of halogens is 5. The monoisotopic (exact) mass is 398 g/mol. The van der Waals surface area contributed by atoms with Crippen molar-refractivity contribution in [3.05, 3.63) is 36.9 Å². The van der Waals surface area contributed by atoms with Crippen LogP contribution in [0.4, 0.5) is 0 Å². The van der Waals surface area contributed by atoms with Crippen LogP contribution in [0.15, 0.2) is 5.70 Å². The first-order valence-corrected chi connectivity index (χ1v) is 8.47. The minimum Gasteiger partial charge on any atom is -0.365 e. The molecular weight excluding hydrogens is 389 g/mol. The van der Waals surface area contributed by atoms with E-state index in [1.54, 1.807) is 0 Å². The summed E-state index contributed by atoms with van der Waals surface area (Å²) in [6.07, 6.45) is 0. The summed E-state index contributed by atoms with van der Waals surface area (Å²) in [5, 5.41) is 0.726. The SMILES string of the molecule is CN1CCN(C2=C(Cl)c3c(Cl)c(Cl)c(Cl)c(Cl)c3C2=O)CC1. The second-order valence-electron chi connectivity index (χ2n) is 5.29. The molecular formula is C14H11Cl5N2O. The zero-order valence-corrected chi connectivity index (χ0v) is 15.3. The predicted molar refractivity (Wildman–Crippen MR) is 92.7 cm³/mol. The van der Waals surface area contributed by atoms with Gasteiger partial charge in [-0.25, -0.2) is 0 Å². The molecule has 3 nitrogen and oxygen atoms in total. The molecule has 1 aliphatic heterocycles. The van der Waals surface area contributed by atoms with E-state index < -0.39 is 0 Å². The van der Waals surface area contributed by atoms with Gasteiger partial charge < -0.3 is 9.80 Å². The van der Waals surface area contributed by atoms with Gasteiger partial charge in [0.2, 0.25) is 5.78 Å². The molecule has 118 valence electrons. The molecule has 1 fully saturated rings. The summed E-state index contributed by atoms with van der Waals surface area (Å²) in [4.78, 5) is 16.9. The van der Waals surface area contributed by atoms with Crippen LogP contribution in [0.3, 0.4) is 0 Å². The van der Waals surface area contributed by atoms with Crippen LogP contribution in [-0.4, -0.2) is 48.8 Å². The maximum Gasteiger partial charge on any atom is 0.212 e. The van der Waals surface area contributed by atoms with E-state index in [1.807, 2.05) is 11.9 Å². The van der Waals surface area contributed by atoms with Crippen LogP contribution in [0.5, 0.6) is 0 Å². The van der Waals surface area contributed by atoms with Crippen molar-refractivity contribution in [2.45, 2.75) is 0 Å². The average molecular weight is 401 g/mol. The Labute approximate surface area is 153 Å². The van der Waals surface area contributed by atoms with Crippen LogP contribution in [0.1, 0.15) is 15.9 Å². The first kappa shape index (κ1) is 16.7. The number of nitrogens with zero attached hydrogens (tertiary/aromatic N) is 2. The smallest absolute Gasteiger partial charge is 0.212 e. The molecule has 0 saturated carbocycles. The van der Waals surface area contributed by atoms with Crippen LogP contribution in [-0.2, 0) is 0 Å². The van der Waals surface area contributed by atoms with Gasteiger partial charge in [-0.1, -0.05) is 58.0 Å². The third-order valence-electron chi connectivity index (χ3n) is 3.96. The fourth-order valence-corrected chi connectivity index (χ4v) is 4.18. The lowest BCUT2D eigenvalue weighted by molar-refractivity contribution is 0.0971. The van der Waals surface area contributed by atoms with E-state index in [-0.39, 0.29) is 36.5 Å². The molecule has 2 aliphatic rings. The Morgan fingerprint density at radius 2 is 1.27 bits per heavy atom. The van der Waals surface area contributed by atoms with E-state index in [2.05, 4.69) is 4.90 Å². The Morgan fingerprint density at radius 3 is 1.82 bits per heavy atom. The molecule has 1 aromatic carbocycles. The van der Waals surface area contributed by atoms with Gasteiger partial charge in [0.05, 0.1) is 30.7 Å². The van der Waals surface area contributed by atoms with Crippen molar-refractivity contribution in [2.75, 3.05) is 33.2 Å². The van der Waals surface area contributed by atoms with Crippen molar-refractivity contribution in [1.82, 2.24) is 9.80 Å². The molecule has 0 amide bonds. The number of piperazine rings is 1. The van der Waals surface area contributed by atoms with E-state index >= 15 is 0 Å². The van der Waals surface area contributed by atoms with E-state index in [0.717, 1.165) is 13.1 Å². The summed E-state index contributed by atoms with van der Waals surface area (Å²) < 4.78 is 0. The summed E-state index contributed by atoms with van der Waals surface area (Å²) >= 11 is 31.0. The number of rotatable bonds is 1. The van der Waals surface area contributed by atoms with Gasteiger partial charge in [0.25, 0.3) is 0 Å². The zero-order chi connectivity index (χ0) is 16.2. The van der Waals surface area contributed by atoms with Gasteiger partial charge in [0.1, 0.15) is 5.70 Å². The molecule has 0 atom stereocenters. The number of allylic oxidation sites excluding steroid dienone is 1. The average Bonchev–Trinajstić information content (AvgIpc) is 2.75. The topological polar surface area (TPSA) is 23.6 Å². The van der Waals surface area contributed by atoms with Crippen molar-refractivity contribution < 1.29 is 4.79 Å². The van der Waals surface area contributed by atoms with E-state index in [4.69, 9.17) is 58.0 Å². The standard InChI is InChI=1S/C14H11Cl5N2O/c1-20-2-4-21(5-3-20)13-10(17)6-7(14(13)22)9(16)12(19)11(18)8(6)15/h2-5H2,1H3. The van der Waals surface area contributed by atoms with Gasteiger partial charge in [0.15, 0.2) is 0 Å². The minimum atomic E-state index is -0.255. The third kappa shape index (κ3) is 2.43. The highest BCUT2D eigenvalue weighted by Crippen LogP contribution is 2.50. The Hall–Kier alpha value is -0.160. The number of carbonyl (C=O) groups is 1. The fourth-order valence-electron chi connectivity index (χ4n) is 2.70. The van der Waals surface area contributed by atoms with Crippen LogP contribution in [0.2, 0.25) is 20.1 Å². The number of Topliss-reactive ketones (excluding diaryl/α,β-unsaturated/α-hetero) is 1. The van der Waals surface area contributed by atoms with Gasteiger partial charge in [-0.2, -0.15) is 0 Å². The fraction of sp³-hybridized carbons (Fsp3) is 0.357. The number of hydrogen-bond acceptors (Lipinski definition) is 3. The van der Waals surface area contributed by atoms with Crippen molar-refractivity contribution in [2.24, 2.45) is 0 Å². The lowest BCUT2D eigenvalue weighted by Crippen LogP contribution is -2.44. The predicted octanol–water partition coefficient (Wildman–Crippen LogP) is 4.65. The zero-order valence-electron chi connectivity index (χ0n) is 11.5. The number of ketones is 1. The lowest BCUT2D eigenvalue weighted by atomic mass is 10.1. The molecule has 0 bridgehead atoms. The van der Waals surface area contributed by atoms with E-state index in [9.17, 15) is 4.79 Å².